The molecule has 1 unspecified atom stereocenters. The minimum atomic E-state index is 0.169. The van der Waals surface area contributed by atoms with Crippen LogP contribution in [-0.2, 0) is 11.2 Å². The van der Waals surface area contributed by atoms with Crippen molar-refractivity contribution in [1.29, 1.82) is 0 Å². The van der Waals surface area contributed by atoms with Gasteiger partial charge in [-0.05, 0) is 37.3 Å². The molecule has 1 heterocycles. The zero-order valence-corrected chi connectivity index (χ0v) is 11.6. The number of carbonyl (C=O) groups is 1. The van der Waals surface area contributed by atoms with Crippen molar-refractivity contribution in [3.8, 4) is 0 Å². The predicted octanol–water partition coefficient (Wildman–Crippen LogP) is 3.18. The minimum absolute atomic E-state index is 0.169. The van der Waals surface area contributed by atoms with Gasteiger partial charge in [0.25, 0.3) is 0 Å². The first-order valence-electron chi connectivity index (χ1n) is 7.32. The van der Waals surface area contributed by atoms with Crippen LogP contribution in [0.5, 0.6) is 0 Å². The van der Waals surface area contributed by atoms with Gasteiger partial charge < -0.3 is 10.3 Å². The van der Waals surface area contributed by atoms with E-state index in [4.69, 9.17) is 0 Å². The Kier molecular flexibility index (Phi) is 3.86. The first-order chi connectivity index (χ1) is 9.84. The quantitative estimate of drug-likeness (QED) is 0.822. The van der Waals surface area contributed by atoms with Gasteiger partial charge in [0.2, 0.25) is 5.91 Å². The van der Waals surface area contributed by atoms with Crippen molar-refractivity contribution in [2.24, 2.45) is 5.92 Å². The second kappa shape index (κ2) is 5.95. The number of para-hydroxylation sites is 1. The Hall–Kier alpha value is -2.03. The number of aromatic nitrogens is 1. The molecule has 3 nitrogen and oxygen atoms in total. The van der Waals surface area contributed by atoms with E-state index in [0.29, 0.717) is 6.54 Å². The first kappa shape index (κ1) is 13.0. The molecule has 3 heteroatoms. The van der Waals surface area contributed by atoms with Crippen LogP contribution in [0.4, 0.5) is 0 Å². The molecular weight excluding hydrogens is 248 g/mol. The van der Waals surface area contributed by atoms with E-state index in [1.165, 1.54) is 10.9 Å². The van der Waals surface area contributed by atoms with E-state index in [9.17, 15) is 4.79 Å². The SMILES string of the molecule is O=C(NCCc1c[nH]c2ccccc12)C1CC=CCC1. The van der Waals surface area contributed by atoms with Gasteiger partial charge in [-0.25, -0.2) is 0 Å². The molecule has 0 fully saturated rings. The largest absolute Gasteiger partial charge is 0.361 e. The van der Waals surface area contributed by atoms with Gasteiger partial charge in [0.15, 0.2) is 0 Å². The van der Waals surface area contributed by atoms with Crippen LogP contribution in [0.15, 0.2) is 42.6 Å². The molecule has 0 saturated carbocycles. The lowest BCUT2D eigenvalue weighted by Gasteiger charge is -2.17. The molecule has 2 N–H and O–H groups in total. The van der Waals surface area contributed by atoms with Crippen LogP contribution in [0.2, 0.25) is 0 Å². The summed E-state index contributed by atoms with van der Waals surface area (Å²) in [5, 5.41) is 4.32. The van der Waals surface area contributed by atoms with Gasteiger partial charge in [-0.3, -0.25) is 4.79 Å². The molecule has 0 aliphatic heterocycles. The Morgan fingerprint density at radius 2 is 2.20 bits per heavy atom. The van der Waals surface area contributed by atoms with Gasteiger partial charge in [-0.15, -0.1) is 0 Å². The van der Waals surface area contributed by atoms with Gasteiger partial charge in [-0.2, -0.15) is 0 Å². The van der Waals surface area contributed by atoms with Crippen molar-refractivity contribution in [3.63, 3.8) is 0 Å². The summed E-state index contributed by atoms with van der Waals surface area (Å²) in [5.74, 6) is 0.372. The zero-order chi connectivity index (χ0) is 13.8. The van der Waals surface area contributed by atoms with Crippen LogP contribution in [-0.4, -0.2) is 17.4 Å². The van der Waals surface area contributed by atoms with Crippen molar-refractivity contribution in [2.45, 2.75) is 25.7 Å². The first-order valence-corrected chi connectivity index (χ1v) is 7.32. The molecule has 1 aliphatic carbocycles. The molecule has 0 saturated heterocycles. The average molecular weight is 268 g/mol. The fourth-order valence-electron chi connectivity index (χ4n) is 2.83. The zero-order valence-electron chi connectivity index (χ0n) is 11.6. The number of carbonyl (C=O) groups excluding carboxylic acids is 1. The Labute approximate surface area is 119 Å². The number of nitrogens with one attached hydrogen (secondary N) is 2. The molecule has 1 aromatic carbocycles. The third kappa shape index (κ3) is 2.77. The number of aromatic amines is 1. The Morgan fingerprint density at radius 1 is 1.30 bits per heavy atom. The highest BCUT2D eigenvalue weighted by molar-refractivity contribution is 5.83. The van der Waals surface area contributed by atoms with Gasteiger partial charge in [-0.1, -0.05) is 30.4 Å². The summed E-state index contributed by atoms with van der Waals surface area (Å²) >= 11 is 0. The van der Waals surface area contributed by atoms with Crippen molar-refractivity contribution in [2.75, 3.05) is 6.54 Å². The molecule has 0 spiro atoms. The number of benzene rings is 1. The van der Waals surface area contributed by atoms with Crippen LogP contribution in [0.3, 0.4) is 0 Å². The third-order valence-corrected chi connectivity index (χ3v) is 4.01. The molecule has 3 rings (SSSR count). The maximum Gasteiger partial charge on any atom is 0.223 e. The lowest BCUT2D eigenvalue weighted by Crippen LogP contribution is -2.32. The average Bonchev–Trinajstić information content (AvgIpc) is 2.92. The van der Waals surface area contributed by atoms with Gasteiger partial charge in [0.05, 0.1) is 0 Å². The van der Waals surface area contributed by atoms with Crippen LogP contribution in [0.25, 0.3) is 10.9 Å². The van der Waals surface area contributed by atoms with Gasteiger partial charge in [0, 0.05) is 29.6 Å². The van der Waals surface area contributed by atoms with Crippen LogP contribution < -0.4 is 5.32 Å². The number of fused-ring (bicyclic) bond motifs is 1. The Bertz CT molecular complexity index is 627. The van der Waals surface area contributed by atoms with Crippen molar-refractivity contribution in [3.05, 3.63) is 48.2 Å². The number of rotatable bonds is 4. The van der Waals surface area contributed by atoms with E-state index in [1.54, 1.807) is 0 Å². The number of allylic oxidation sites excluding steroid dienone is 2. The summed E-state index contributed by atoms with van der Waals surface area (Å²) in [7, 11) is 0. The smallest absolute Gasteiger partial charge is 0.223 e. The number of hydrogen-bond donors (Lipinski definition) is 2. The number of amides is 1. The monoisotopic (exact) mass is 268 g/mol. The van der Waals surface area contributed by atoms with Crippen LogP contribution >= 0.6 is 0 Å². The summed E-state index contributed by atoms with van der Waals surface area (Å²) in [4.78, 5) is 15.3. The van der Waals surface area contributed by atoms with Crippen LogP contribution in [0.1, 0.15) is 24.8 Å². The number of H-pyrrole nitrogens is 1. The Morgan fingerprint density at radius 3 is 3.05 bits per heavy atom. The summed E-state index contributed by atoms with van der Waals surface area (Å²) < 4.78 is 0. The molecule has 1 aromatic heterocycles. The van der Waals surface area contributed by atoms with Crippen LogP contribution in [0, 0.1) is 5.92 Å². The second-order valence-electron chi connectivity index (χ2n) is 5.38. The van der Waals surface area contributed by atoms with Crippen molar-refractivity contribution in [1.82, 2.24) is 10.3 Å². The van der Waals surface area contributed by atoms with Gasteiger partial charge >= 0.3 is 0 Å². The summed E-state index contributed by atoms with van der Waals surface area (Å²) in [5.41, 5.74) is 2.43. The molecule has 0 radical (unpaired) electrons. The molecule has 2 aromatic rings. The highest BCUT2D eigenvalue weighted by Crippen LogP contribution is 2.19. The maximum atomic E-state index is 12.0. The van der Waals surface area contributed by atoms with E-state index in [-0.39, 0.29) is 11.8 Å². The van der Waals surface area contributed by atoms with E-state index in [2.05, 4.69) is 34.6 Å². The standard InChI is InChI=1S/C17H20N2O/c20-17(13-6-2-1-3-7-13)18-11-10-14-12-19-16-9-5-4-8-15(14)16/h1-2,4-5,8-9,12-13,19H,3,6-7,10-11H2,(H,18,20). The molecule has 1 amide bonds. The highest BCUT2D eigenvalue weighted by Gasteiger charge is 2.17. The van der Waals surface area contributed by atoms with E-state index in [1.807, 2.05) is 18.3 Å². The lowest BCUT2D eigenvalue weighted by molar-refractivity contribution is -0.125. The molecule has 104 valence electrons. The third-order valence-electron chi connectivity index (χ3n) is 4.01. The molecular formula is C17H20N2O. The minimum Gasteiger partial charge on any atom is -0.361 e. The van der Waals surface area contributed by atoms with E-state index < -0.39 is 0 Å². The van der Waals surface area contributed by atoms with E-state index in [0.717, 1.165) is 31.2 Å². The van der Waals surface area contributed by atoms with Crippen molar-refractivity contribution >= 4 is 16.8 Å². The van der Waals surface area contributed by atoms with Gasteiger partial charge in [0.1, 0.15) is 0 Å². The normalized spacial score (nSPS) is 18.3. The predicted molar refractivity (Wildman–Crippen MR) is 81.5 cm³/mol. The molecule has 0 bridgehead atoms. The number of hydrogen-bond acceptors (Lipinski definition) is 1. The Balaban J connectivity index is 1.54. The summed E-state index contributed by atoms with van der Waals surface area (Å²) in [6.07, 6.45) is 10.1. The molecule has 1 atom stereocenters. The fraction of sp³-hybridized carbons (Fsp3) is 0.353. The molecule has 20 heavy (non-hydrogen) atoms. The van der Waals surface area contributed by atoms with Crippen molar-refractivity contribution < 1.29 is 4.79 Å². The second-order valence-corrected chi connectivity index (χ2v) is 5.38. The summed E-state index contributed by atoms with van der Waals surface area (Å²) in [6, 6.07) is 8.27. The topological polar surface area (TPSA) is 44.9 Å². The van der Waals surface area contributed by atoms with E-state index >= 15 is 0 Å². The highest BCUT2D eigenvalue weighted by atomic mass is 16.1. The lowest BCUT2D eigenvalue weighted by atomic mass is 9.93. The molecule has 1 aliphatic rings. The maximum absolute atomic E-state index is 12.0. The fourth-order valence-corrected chi connectivity index (χ4v) is 2.83. The summed E-state index contributed by atoms with van der Waals surface area (Å²) in [6.45, 7) is 0.709.